The Kier molecular flexibility index (Phi) is 6.13. The van der Waals surface area contributed by atoms with Gasteiger partial charge < -0.3 is 23.8 Å². The topological polar surface area (TPSA) is 51.2 Å². The molecule has 30 heavy (non-hydrogen) atoms. The van der Waals surface area contributed by atoms with Gasteiger partial charge in [-0.2, -0.15) is 0 Å². The van der Waals surface area contributed by atoms with Crippen LogP contribution in [0.3, 0.4) is 0 Å². The van der Waals surface area contributed by atoms with Crippen molar-refractivity contribution < 1.29 is 18.8 Å². The van der Waals surface area contributed by atoms with E-state index in [1.807, 2.05) is 73.6 Å². The number of carbonyl (C=O) groups excluding carboxylic acids is 1. The molecular weight excluding hydrogens is 403 g/mol. The zero-order valence-corrected chi connectivity index (χ0v) is 20.2. The van der Waals surface area contributed by atoms with Crippen LogP contribution in [0.4, 0.5) is 10.5 Å². The van der Waals surface area contributed by atoms with Crippen molar-refractivity contribution in [3.05, 3.63) is 23.2 Å². The first-order valence-corrected chi connectivity index (χ1v) is 11.0. The fourth-order valence-corrected chi connectivity index (χ4v) is 3.98. The van der Waals surface area contributed by atoms with Crippen molar-refractivity contribution in [2.75, 3.05) is 24.5 Å². The van der Waals surface area contributed by atoms with Crippen LogP contribution in [-0.4, -0.2) is 60.6 Å². The number of hydrogen-bond acceptors (Lipinski definition) is 5. The van der Waals surface area contributed by atoms with Crippen molar-refractivity contribution in [1.82, 2.24) is 4.90 Å². The highest BCUT2D eigenvalue weighted by Gasteiger charge is 2.51. The van der Waals surface area contributed by atoms with Gasteiger partial charge in [0, 0.05) is 25.7 Å². The minimum Gasteiger partial charge on any atom is -0.444 e. The van der Waals surface area contributed by atoms with Crippen LogP contribution in [0.5, 0.6) is 0 Å². The maximum absolute atomic E-state index is 12.5. The predicted octanol–water partition coefficient (Wildman–Crippen LogP) is 4.08. The molecule has 8 heteroatoms. The fourth-order valence-electron chi connectivity index (χ4n) is 3.67. The van der Waals surface area contributed by atoms with E-state index in [0.717, 1.165) is 11.2 Å². The van der Waals surface area contributed by atoms with Crippen LogP contribution in [0.1, 0.15) is 55.4 Å². The summed E-state index contributed by atoms with van der Waals surface area (Å²) in [5.74, 6) is 0. The average Bonchev–Trinajstić information content (AvgIpc) is 2.80. The van der Waals surface area contributed by atoms with Gasteiger partial charge in [0.25, 0.3) is 0 Å². The van der Waals surface area contributed by atoms with Crippen molar-refractivity contribution >= 4 is 36.0 Å². The van der Waals surface area contributed by atoms with E-state index >= 15 is 0 Å². The molecule has 0 radical (unpaired) electrons. The molecule has 2 fully saturated rings. The van der Waals surface area contributed by atoms with Gasteiger partial charge in [0.1, 0.15) is 5.60 Å². The van der Waals surface area contributed by atoms with Gasteiger partial charge in [-0.1, -0.05) is 17.7 Å². The molecule has 2 saturated heterocycles. The van der Waals surface area contributed by atoms with Crippen LogP contribution in [0, 0.1) is 0 Å². The molecule has 1 atom stereocenters. The van der Waals surface area contributed by atoms with Crippen LogP contribution in [-0.2, 0) is 14.0 Å². The lowest BCUT2D eigenvalue weighted by Crippen LogP contribution is -2.55. The summed E-state index contributed by atoms with van der Waals surface area (Å²) < 4.78 is 17.8. The molecule has 3 rings (SSSR count). The molecule has 166 valence electrons. The highest BCUT2D eigenvalue weighted by molar-refractivity contribution is 6.62. The molecule has 0 saturated carbocycles. The number of amides is 1. The number of nitrogens with zero attached hydrogens (tertiary/aromatic N) is 2. The van der Waals surface area contributed by atoms with Crippen LogP contribution in [0.2, 0.25) is 5.02 Å². The van der Waals surface area contributed by atoms with E-state index in [9.17, 15) is 4.79 Å². The predicted molar refractivity (Wildman–Crippen MR) is 122 cm³/mol. The third kappa shape index (κ3) is 4.73. The van der Waals surface area contributed by atoms with Gasteiger partial charge >= 0.3 is 13.2 Å². The fraction of sp³-hybridized carbons (Fsp3) is 0.682. The Balaban J connectivity index is 1.69. The zero-order chi connectivity index (χ0) is 22.5. The van der Waals surface area contributed by atoms with E-state index in [2.05, 4.69) is 4.90 Å². The summed E-state index contributed by atoms with van der Waals surface area (Å²) in [7, 11) is -0.440. The van der Waals surface area contributed by atoms with Gasteiger partial charge in [-0.25, -0.2) is 4.79 Å². The molecule has 1 aromatic carbocycles. The molecule has 0 aliphatic carbocycles. The van der Waals surface area contributed by atoms with Gasteiger partial charge in [-0.3, -0.25) is 0 Å². The second-order valence-electron chi connectivity index (χ2n) is 10.3. The quantitative estimate of drug-likeness (QED) is 0.654. The highest BCUT2D eigenvalue weighted by atomic mass is 35.5. The smallest absolute Gasteiger partial charge is 0.444 e. The molecule has 0 aromatic heterocycles. The molecule has 0 bridgehead atoms. The van der Waals surface area contributed by atoms with Crippen LogP contribution in [0.15, 0.2) is 18.2 Å². The minimum absolute atomic E-state index is 0.0208. The van der Waals surface area contributed by atoms with Gasteiger partial charge in [-0.15, -0.1) is 0 Å². The third-order valence-corrected chi connectivity index (χ3v) is 6.40. The summed E-state index contributed by atoms with van der Waals surface area (Å²) in [5.41, 5.74) is 0.572. The summed E-state index contributed by atoms with van der Waals surface area (Å²) in [6, 6.07) is 5.96. The molecule has 1 aromatic rings. The van der Waals surface area contributed by atoms with E-state index in [1.165, 1.54) is 0 Å². The first kappa shape index (κ1) is 23.2. The molecule has 2 heterocycles. The lowest BCUT2D eigenvalue weighted by molar-refractivity contribution is 0.00578. The van der Waals surface area contributed by atoms with Gasteiger partial charge in [0.05, 0.1) is 21.9 Å². The SMILES string of the molecule is C[C@@H]1CN(c2ccc(B3OC(C)(C)C(C)(C)O3)cc2Cl)CCN1C(=O)OC(C)(C)C. The Hall–Kier alpha value is -1.44. The summed E-state index contributed by atoms with van der Waals surface area (Å²) in [4.78, 5) is 16.5. The number of benzene rings is 1. The van der Waals surface area contributed by atoms with Gasteiger partial charge in [0.2, 0.25) is 0 Å². The second-order valence-corrected chi connectivity index (χ2v) is 10.7. The number of anilines is 1. The lowest BCUT2D eigenvalue weighted by atomic mass is 9.79. The number of rotatable bonds is 2. The Morgan fingerprint density at radius 2 is 1.77 bits per heavy atom. The summed E-state index contributed by atoms with van der Waals surface area (Å²) in [6.45, 7) is 17.8. The molecule has 0 spiro atoms. The molecule has 0 N–H and O–H groups in total. The van der Waals surface area contributed by atoms with E-state index in [4.69, 9.17) is 25.6 Å². The minimum atomic E-state index is -0.499. The number of carbonyl (C=O) groups is 1. The molecule has 2 aliphatic heterocycles. The number of piperazine rings is 1. The van der Waals surface area contributed by atoms with Gasteiger partial charge in [-0.05, 0) is 73.0 Å². The van der Waals surface area contributed by atoms with Crippen molar-refractivity contribution in [1.29, 1.82) is 0 Å². The summed E-state index contributed by atoms with van der Waals surface area (Å²) in [5, 5.41) is 0.653. The zero-order valence-electron chi connectivity index (χ0n) is 19.4. The first-order chi connectivity index (χ1) is 13.7. The summed E-state index contributed by atoms with van der Waals surface area (Å²) >= 11 is 6.66. The van der Waals surface area contributed by atoms with Crippen molar-refractivity contribution in [2.45, 2.75) is 78.2 Å². The Morgan fingerprint density at radius 3 is 2.27 bits per heavy atom. The summed E-state index contributed by atoms with van der Waals surface area (Å²) in [6.07, 6.45) is -0.267. The second kappa shape index (κ2) is 7.92. The van der Waals surface area contributed by atoms with E-state index in [0.29, 0.717) is 24.7 Å². The lowest BCUT2D eigenvalue weighted by Gasteiger charge is -2.41. The number of hydrogen-bond donors (Lipinski definition) is 0. The highest BCUT2D eigenvalue weighted by Crippen LogP contribution is 2.37. The third-order valence-electron chi connectivity index (χ3n) is 6.09. The molecule has 0 unspecified atom stereocenters. The van der Waals surface area contributed by atoms with Crippen LogP contribution in [0.25, 0.3) is 0 Å². The van der Waals surface area contributed by atoms with Crippen molar-refractivity contribution in [2.24, 2.45) is 0 Å². The van der Waals surface area contributed by atoms with Crippen LogP contribution < -0.4 is 10.4 Å². The standard InChI is InChI=1S/C22H34BClN2O4/c1-15-14-25(11-12-26(15)19(27)28-20(2,3)4)18-10-9-16(13-17(18)24)23-29-21(5,6)22(7,8)30-23/h9-10,13,15H,11-12,14H2,1-8H3/t15-/m1/s1. The molecular formula is C22H34BClN2O4. The van der Waals surface area contributed by atoms with E-state index < -0.39 is 23.9 Å². The van der Waals surface area contributed by atoms with Crippen molar-refractivity contribution in [3.8, 4) is 0 Å². The molecule has 2 aliphatic rings. The normalized spacial score (nSPS) is 23.6. The largest absolute Gasteiger partial charge is 0.494 e. The maximum atomic E-state index is 12.5. The van der Waals surface area contributed by atoms with E-state index in [-0.39, 0.29) is 12.1 Å². The molecule has 6 nitrogen and oxygen atoms in total. The monoisotopic (exact) mass is 436 g/mol. The van der Waals surface area contributed by atoms with Crippen LogP contribution >= 0.6 is 11.6 Å². The maximum Gasteiger partial charge on any atom is 0.494 e. The molecule has 1 amide bonds. The number of ether oxygens (including phenoxy) is 1. The van der Waals surface area contributed by atoms with Gasteiger partial charge in [0.15, 0.2) is 0 Å². The average molecular weight is 437 g/mol. The number of halogens is 1. The Morgan fingerprint density at radius 1 is 1.17 bits per heavy atom. The van der Waals surface area contributed by atoms with E-state index in [1.54, 1.807) is 4.90 Å². The first-order valence-electron chi connectivity index (χ1n) is 10.6. The Bertz CT molecular complexity index is 793. The van der Waals surface area contributed by atoms with Crippen molar-refractivity contribution in [3.63, 3.8) is 0 Å². The Labute approximate surface area is 185 Å².